The molecule has 1 atom stereocenters. The highest BCUT2D eigenvalue weighted by Gasteiger charge is 2.17. The number of hydrogen-bond donors (Lipinski definition) is 2. The molecule has 0 spiro atoms. The van der Waals surface area contributed by atoms with Crippen molar-refractivity contribution in [3.63, 3.8) is 0 Å². The van der Waals surface area contributed by atoms with Crippen LogP contribution in [0, 0.1) is 0 Å². The van der Waals surface area contributed by atoms with Crippen LogP contribution >= 0.6 is 0 Å². The van der Waals surface area contributed by atoms with E-state index in [9.17, 15) is 5.11 Å². The highest BCUT2D eigenvalue weighted by molar-refractivity contribution is 5.50. The summed E-state index contributed by atoms with van der Waals surface area (Å²) < 4.78 is 15.5. The monoisotopic (exact) mass is 241 g/mol. The second-order valence-corrected chi connectivity index (χ2v) is 3.61. The van der Waals surface area contributed by atoms with Crippen molar-refractivity contribution in [1.29, 1.82) is 0 Å². The Labute approximate surface area is 101 Å². The fourth-order valence-corrected chi connectivity index (χ4v) is 1.68. The summed E-state index contributed by atoms with van der Waals surface area (Å²) in [6.45, 7) is 0.556. The van der Waals surface area contributed by atoms with Crippen LogP contribution < -0.4 is 15.2 Å². The van der Waals surface area contributed by atoms with Gasteiger partial charge in [-0.2, -0.15) is 0 Å². The normalized spacial score (nSPS) is 12.3. The first kappa shape index (κ1) is 13.8. The van der Waals surface area contributed by atoms with Crippen molar-refractivity contribution in [2.24, 2.45) is 5.73 Å². The first-order chi connectivity index (χ1) is 8.17. The van der Waals surface area contributed by atoms with E-state index in [2.05, 4.69) is 0 Å². The summed E-state index contributed by atoms with van der Waals surface area (Å²) in [7, 11) is 4.68. The lowest BCUT2D eigenvalue weighted by atomic mass is 10.0. The zero-order chi connectivity index (χ0) is 12.8. The van der Waals surface area contributed by atoms with E-state index in [1.54, 1.807) is 14.2 Å². The molecular weight excluding hydrogens is 222 g/mol. The molecule has 5 nitrogen and oxygen atoms in total. The van der Waals surface area contributed by atoms with Gasteiger partial charge in [0.15, 0.2) is 11.5 Å². The first-order valence-corrected chi connectivity index (χ1v) is 5.29. The van der Waals surface area contributed by atoms with Gasteiger partial charge in [0, 0.05) is 19.2 Å². The lowest BCUT2D eigenvalue weighted by Crippen LogP contribution is -2.13. The molecule has 0 aliphatic rings. The van der Waals surface area contributed by atoms with Gasteiger partial charge in [0.1, 0.15) is 0 Å². The van der Waals surface area contributed by atoms with E-state index in [1.165, 1.54) is 7.11 Å². The molecule has 0 amide bonds. The fraction of sp³-hybridized carbons (Fsp3) is 0.500. The predicted molar refractivity (Wildman–Crippen MR) is 64.3 cm³/mol. The molecule has 0 aromatic heterocycles. The summed E-state index contributed by atoms with van der Waals surface area (Å²) in [5, 5.41) is 9.85. The third kappa shape index (κ3) is 3.09. The quantitative estimate of drug-likeness (QED) is 0.772. The third-order valence-electron chi connectivity index (χ3n) is 2.46. The second-order valence-electron chi connectivity index (χ2n) is 3.61. The Balaban J connectivity index is 3.26. The summed E-state index contributed by atoms with van der Waals surface area (Å²) in [6, 6.07) is 3.62. The van der Waals surface area contributed by atoms with Crippen LogP contribution in [-0.2, 0) is 11.3 Å². The maximum absolute atomic E-state index is 9.85. The molecule has 0 fully saturated rings. The molecule has 1 aromatic rings. The van der Waals surface area contributed by atoms with Gasteiger partial charge in [-0.1, -0.05) is 0 Å². The van der Waals surface area contributed by atoms with Crippen LogP contribution in [0.1, 0.15) is 17.2 Å². The lowest BCUT2D eigenvalue weighted by Gasteiger charge is -2.17. The Morgan fingerprint density at radius 1 is 1.24 bits per heavy atom. The number of aliphatic hydroxyl groups excluding tert-OH is 1. The van der Waals surface area contributed by atoms with Gasteiger partial charge in [-0.25, -0.2) is 0 Å². The Kier molecular flexibility index (Phi) is 5.21. The molecule has 0 bridgehead atoms. The van der Waals surface area contributed by atoms with Crippen LogP contribution in [0.25, 0.3) is 0 Å². The fourth-order valence-electron chi connectivity index (χ4n) is 1.68. The standard InChI is InChI=1S/C12H19NO4/c1-15-7-8-4-9(10(14)6-13)12(17-3)11(5-8)16-2/h4-5,10,14H,6-7,13H2,1-3H3. The number of hydrogen-bond acceptors (Lipinski definition) is 5. The van der Waals surface area contributed by atoms with E-state index in [-0.39, 0.29) is 6.54 Å². The number of nitrogens with two attached hydrogens (primary N) is 1. The number of methoxy groups -OCH3 is 3. The molecule has 5 heteroatoms. The number of aliphatic hydroxyl groups is 1. The molecule has 0 heterocycles. The van der Waals surface area contributed by atoms with Crippen LogP contribution in [0.3, 0.4) is 0 Å². The predicted octanol–water partition coefficient (Wildman–Crippen LogP) is 0.842. The smallest absolute Gasteiger partial charge is 0.166 e. The van der Waals surface area contributed by atoms with Crippen molar-refractivity contribution in [3.8, 4) is 11.5 Å². The van der Waals surface area contributed by atoms with E-state index < -0.39 is 6.10 Å². The maximum atomic E-state index is 9.85. The van der Waals surface area contributed by atoms with Crippen LogP contribution in [0.2, 0.25) is 0 Å². The van der Waals surface area contributed by atoms with Crippen LogP contribution in [0.15, 0.2) is 12.1 Å². The topological polar surface area (TPSA) is 73.9 Å². The van der Waals surface area contributed by atoms with Crippen molar-refractivity contribution in [1.82, 2.24) is 0 Å². The zero-order valence-corrected chi connectivity index (χ0v) is 10.4. The van der Waals surface area contributed by atoms with Crippen molar-refractivity contribution in [2.75, 3.05) is 27.9 Å². The van der Waals surface area contributed by atoms with Crippen molar-refractivity contribution in [2.45, 2.75) is 12.7 Å². The minimum absolute atomic E-state index is 0.121. The Hall–Kier alpha value is -1.30. The van der Waals surface area contributed by atoms with E-state index in [4.69, 9.17) is 19.9 Å². The first-order valence-electron chi connectivity index (χ1n) is 5.29. The molecule has 1 unspecified atom stereocenters. The van der Waals surface area contributed by atoms with Gasteiger partial charge in [0.2, 0.25) is 0 Å². The SMILES string of the molecule is COCc1cc(OC)c(OC)c(C(O)CN)c1. The van der Waals surface area contributed by atoms with Gasteiger partial charge in [0.05, 0.1) is 26.9 Å². The molecule has 1 rings (SSSR count). The lowest BCUT2D eigenvalue weighted by molar-refractivity contribution is 0.175. The third-order valence-corrected chi connectivity index (χ3v) is 2.46. The van der Waals surface area contributed by atoms with E-state index in [0.717, 1.165) is 5.56 Å². The minimum Gasteiger partial charge on any atom is -0.493 e. The van der Waals surface area contributed by atoms with Gasteiger partial charge in [-0.05, 0) is 17.7 Å². The Bertz CT molecular complexity index is 368. The molecule has 0 saturated carbocycles. The largest absolute Gasteiger partial charge is 0.493 e. The summed E-state index contributed by atoms with van der Waals surface area (Å²) >= 11 is 0. The molecule has 96 valence electrons. The Morgan fingerprint density at radius 3 is 2.41 bits per heavy atom. The molecule has 0 saturated heterocycles. The number of rotatable bonds is 6. The molecular formula is C12H19NO4. The maximum Gasteiger partial charge on any atom is 0.166 e. The minimum atomic E-state index is -0.782. The van der Waals surface area contributed by atoms with Gasteiger partial charge in [-0.3, -0.25) is 0 Å². The van der Waals surface area contributed by atoms with Crippen molar-refractivity contribution >= 4 is 0 Å². The van der Waals surface area contributed by atoms with Gasteiger partial charge in [0.25, 0.3) is 0 Å². The zero-order valence-electron chi connectivity index (χ0n) is 10.4. The molecule has 3 N–H and O–H groups in total. The average molecular weight is 241 g/mol. The molecule has 0 aliphatic carbocycles. The highest BCUT2D eigenvalue weighted by atomic mass is 16.5. The van der Waals surface area contributed by atoms with Crippen LogP contribution in [0.4, 0.5) is 0 Å². The van der Waals surface area contributed by atoms with Gasteiger partial charge >= 0.3 is 0 Å². The summed E-state index contributed by atoms with van der Waals surface area (Å²) in [4.78, 5) is 0. The van der Waals surface area contributed by atoms with Crippen LogP contribution in [-0.4, -0.2) is 33.0 Å². The molecule has 0 aliphatic heterocycles. The molecule has 17 heavy (non-hydrogen) atoms. The summed E-state index contributed by atoms with van der Waals surface area (Å²) in [5.41, 5.74) is 6.97. The second kappa shape index (κ2) is 6.44. The van der Waals surface area contributed by atoms with E-state index in [1.807, 2.05) is 12.1 Å². The van der Waals surface area contributed by atoms with E-state index in [0.29, 0.717) is 23.7 Å². The number of benzene rings is 1. The van der Waals surface area contributed by atoms with Crippen molar-refractivity contribution in [3.05, 3.63) is 23.3 Å². The van der Waals surface area contributed by atoms with Crippen molar-refractivity contribution < 1.29 is 19.3 Å². The molecule has 0 radical (unpaired) electrons. The van der Waals surface area contributed by atoms with Crippen LogP contribution in [0.5, 0.6) is 11.5 Å². The highest BCUT2D eigenvalue weighted by Crippen LogP contribution is 2.36. The summed E-state index contributed by atoms with van der Waals surface area (Å²) in [6.07, 6.45) is -0.782. The van der Waals surface area contributed by atoms with Gasteiger partial charge in [-0.15, -0.1) is 0 Å². The molecule has 1 aromatic carbocycles. The average Bonchev–Trinajstić information content (AvgIpc) is 2.37. The Morgan fingerprint density at radius 2 is 1.94 bits per heavy atom. The van der Waals surface area contributed by atoms with E-state index >= 15 is 0 Å². The number of ether oxygens (including phenoxy) is 3. The van der Waals surface area contributed by atoms with Gasteiger partial charge < -0.3 is 25.1 Å². The summed E-state index contributed by atoms with van der Waals surface area (Å²) in [5.74, 6) is 1.06.